The van der Waals surface area contributed by atoms with Crippen molar-refractivity contribution in [1.82, 2.24) is 19.2 Å². The Hall–Kier alpha value is -0.250. The van der Waals surface area contributed by atoms with Gasteiger partial charge >= 0.3 is 0 Å². The number of piperazine rings is 1. The van der Waals surface area contributed by atoms with E-state index >= 15 is 0 Å². The Morgan fingerprint density at radius 3 is 2.72 bits per heavy atom. The average Bonchev–Trinajstić information content (AvgIpc) is 2.38. The molecule has 0 spiro atoms. The Kier molecular flexibility index (Phi) is 4.93. The molecule has 1 unspecified atom stereocenters. The van der Waals surface area contributed by atoms with Gasteiger partial charge in [0.2, 0.25) is 0 Å². The van der Waals surface area contributed by atoms with Crippen LogP contribution in [0.1, 0.15) is 0 Å². The first-order chi connectivity index (χ1) is 8.58. The normalized spacial score (nSPS) is 28.4. The fourth-order valence-electron chi connectivity index (χ4n) is 2.16. The highest BCUT2D eigenvalue weighted by molar-refractivity contribution is 7.87. The van der Waals surface area contributed by atoms with E-state index in [0.717, 1.165) is 13.1 Å². The largest absolute Gasteiger partial charge is 0.374 e. The van der Waals surface area contributed by atoms with Crippen LogP contribution in [0.3, 0.4) is 0 Å². The minimum atomic E-state index is -3.36. The summed E-state index contributed by atoms with van der Waals surface area (Å²) in [7, 11) is -1.34. The van der Waals surface area contributed by atoms with E-state index < -0.39 is 10.2 Å². The van der Waals surface area contributed by atoms with E-state index in [2.05, 4.69) is 14.9 Å². The minimum Gasteiger partial charge on any atom is -0.374 e. The zero-order chi connectivity index (χ0) is 13.0. The molecule has 2 aliphatic rings. The molecule has 2 rings (SSSR count). The number of likely N-dealkylation sites (N-methyl/N-ethyl adjacent to an activating group) is 1. The summed E-state index contributed by atoms with van der Waals surface area (Å²) in [4.78, 5) is 2.15. The predicted molar refractivity (Wildman–Crippen MR) is 68.6 cm³/mol. The summed E-state index contributed by atoms with van der Waals surface area (Å²) in [6.07, 6.45) is -0.0542. The zero-order valence-corrected chi connectivity index (χ0v) is 11.6. The van der Waals surface area contributed by atoms with Crippen molar-refractivity contribution in [2.45, 2.75) is 6.10 Å². The number of morpholine rings is 1. The van der Waals surface area contributed by atoms with Gasteiger partial charge in [-0.1, -0.05) is 0 Å². The lowest BCUT2D eigenvalue weighted by molar-refractivity contribution is -0.0158. The van der Waals surface area contributed by atoms with Crippen molar-refractivity contribution in [3.8, 4) is 0 Å². The highest BCUT2D eigenvalue weighted by Gasteiger charge is 2.25. The van der Waals surface area contributed by atoms with E-state index in [9.17, 15) is 8.42 Å². The number of nitrogens with one attached hydrogen (secondary N) is 2. The molecule has 2 heterocycles. The topological polar surface area (TPSA) is 73.9 Å². The molecular formula is C10H22N4O3S. The van der Waals surface area contributed by atoms with Crippen LogP contribution in [0, 0.1) is 0 Å². The van der Waals surface area contributed by atoms with Gasteiger partial charge in [-0.3, -0.25) is 0 Å². The van der Waals surface area contributed by atoms with Crippen LogP contribution in [-0.2, 0) is 14.9 Å². The van der Waals surface area contributed by atoms with Gasteiger partial charge < -0.3 is 15.0 Å². The van der Waals surface area contributed by atoms with E-state index in [-0.39, 0.29) is 6.10 Å². The first-order valence-electron chi connectivity index (χ1n) is 6.33. The van der Waals surface area contributed by atoms with Gasteiger partial charge in [-0.05, 0) is 7.05 Å². The number of ether oxygens (including phenoxy) is 1. The van der Waals surface area contributed by atoms with E-state index in [1.807, 2.05) is 7.05 Å². The lowest BCUT2D eigenvalue weighted by atomic mass is 10.3. The summed E-state index contributed by atoms with van der Waals surface area (Å²) in [5.74, 6) is 0. The maximum absolute atomic E-state index is 12.0. The third-order valence-corrected chi connectivity index (χ3v) is 4.83. The molecular weight excluding hydrogens is 256 g/mol. The predicted octanol–water partition coefficient (Wildman–Crippen LogP) is -1.94. The fraction of sp³-hybridized carbons (Fsp3) is 1.00. The average molecular weight is 278 g/mol. The molecule has 0 aromatic rings. The summed E-state index contributed by atoms with van der Waals surface area (Å²) in [6.45, 7) is 5.16. The van der Waals surface area contributed by atoms with Gasteiger partial charge in [-0.15, -0.1) is 0 Å². The maximum Gasteiger partial charge on any atom is 0.279 e. The molecule has 2 saturated heterocycles. The summed E-state index contributed by atoms with van der Waals surface area (Å²) in [5.41, 5.74) is 0. The number of nitrogens with zero attached hydrogens (tertiary/aromatic N) is 2. The van der Waals surface area contributed by atoms with E-state index in [1.165, 1.54) is 4.31 Å². The third kappa shape index (κ3) is 3.87. The van der Waals surface area contributed by atoms with Crippen LogP contribution in [0.2, 0.25) is 0 Å². The first-order valence-corrected chi connectivity index (χ1v) is 7.77. The first kappa shape index (κ1) is 14.2. The molecule has 0 bridgehead atoms. The van der Waals surface area contributed by atoms with Gasteiger partial charge in [-0.2, -0.15) is 17.4 Å². The van der Waals surface area contributed by atoms with Crippen molar-refractivity contribution >= 4 is 10.2 Å². The molecule has 0 aromatic carbocycles. The Bertz CT molecular complexity index is 356. The minimum absolute atomic E-state index is 0.0542. The van der Waals surface area contributed by atoms with Gasteiger partial charge in [0, 0.05) is 45.8 Å². The Balaban J connectivity index is 1.80. The molecule has 18 heavy (non-hydrogen) atoms. The highest BCUT2D eigenvalue weighted by atomic mass is 32.2. The van der Waals surface area contributed by atoms with Crippen LogP contribution in [-0.4, -0.2) is 83.2 Å². The second kappa shape index (κ2) is 6.27. The van der Waals surface area contributed by atoms with Gasteiger partial charge in [-0.25, -0.2) is 0 Å². The Morgan fingerprint density at radius 1 is 1.33 bits per heavy atom. The van der Waals surface area contributed by atoms with Crippen LogP contribution >= 0.6 is 0 Å². The third-order valence-electron chi connectivity index (χ3n) is 3.25. The molecule has 2 fully saturated rings. The van der Waals surface area contributed by atoms with Crippen LogP contribution in [0.15, 0.2) is 0 Å². The standard InChI is InChI=1S/C10H22N4O3S/c1-13-6-7-17-10(9-13)8-12-18(15,16)14-4-2-11-3-5-14/h10-12H,2-9H2,1H3. The number of hydrogen-bond acceptors (Lipinski definition) is 5. The van der Waals surface area contributed by atoms with Crippen molar-refractivity contribution < 1.29 is 13.2 Å². The second-order valence-electron chi connectivity index (χ2n) is 4.76. The fourth-order valence-corrected chi connectivity index (χ4v) is 3.41. The van der Waals surface area contributed by atoms with E-state index in [1.54, 1.807) is 0 Å². The quantitative estimate of drug-likeness (QED) is 0.626. The number of hydrogen-bond donors (Lipinski definition) is 2. The summed E-state index contributed by atoms with van der Waals surface area (Å²) in [6, 6.07) is 0. The molecule has 1 atom stereocenters. The van der Waals surface area contributed by atoms with Crippen molar-refractivity contribution in [3.63, 3.8) is 0 Å². The van der Waals surface area contributed by atoms with Crippen molar-refractivity contribution in [2.75, 3.05) is 59.5 Å². The molecule has 0 saturated carbocycles. The van der Waals surface area contributed by atoms with Crippen molar-refractivity contribution in [1.29, 1.82) is 0 Å². The van der Waals surface area contributed by atoms with Gasteiger partial charge in [0.1, 0.15) is 0 Å². The van der Waals surface area contributed by atoms with E-state index in [0.29, 0.717) is 39.3 Å². The van der Waals surface area contributed by atoms with E-state index in [4.69, 9.17) is 4.74 Å². The molecule has 2 aliphatic heterocycles. The number of rotatable bonds is 4. The zero-order valence-electron chi connectivity index (χ0n) is 10.8. The lowest BCUT2D eigenvalue weighted by Crippen LogP contribution is -2.53. The van der Waals surface area contributed by atoms with Crippen LogP contribution < -0.4 is 10.0 Å². The monoisotopic (exact) mass is 278 g/mol. The van der Waals surface area contributed by atoms with Gasteiger partial charge in [0.15, 0.2) is 0 Å². The summed E-state index contributed by atoms with van der Waals surface area (Å²) < 4.78 is 33.7. The van der Waals surface area contributed by atoms with Crippen molar-refractivity contribution in [3.05, 3.63) is 0 Å². The SMILES string of the molecule is CN1CCOC(CNS(=O)(=O)N2CCNCC2)C1. The Morgan fingerprint density at radius 2 is 2.06 bits per heavy atom. The molecule has 7 nitrogen and oxygen atoms in total. The highest BCUT2D eigenvalue weighted by Crippen LogP contribution is 2.04. The molecule has 0 aromatic heterocycles. The lowest BCUT2D eigenvalue weighted by Gasteiger charge is -2.31. The molecule has 0 aliphatic carbocycles. The molecule has 2 N–H and O–H groups in total. The second-order valence-corrected chi connectivity index (χ2v) is 6.51. The smallest absolute Gasteiger partial charge is 0.279 e. The molecule has 106 valence electrons. The van der Waals surface area contributed by atoms with Crippen LogP contribution in [0.4, 0.5) is 0 Å². The van der Waals surface area contributed by atoms with Crippen LogP contribution in [0.25, 0.3) is 0 Å². The molecule has 8 heteroatoms. The van der Waals surface area contributed by atoms with Crippen molar-refractivity contribution in [2.24, 2.45) is 0 Å². The maximum atomic E-state index is 12.0. The van der Waals surface area contributed by atoms with Crippen LogP contribution in [0.5, 0.6) is 0 Å². The Labute approximate surface area is 109 Å². The summed E-state index contributed by atoms with van der Waals surface area (Å²) in [5, 5.41) is 3.13. The summed E-state index contributed by atoms with van der Waals surface area (Å²) >= 11 is 0. The molecule has 0 radical (unpaired) electrons. The van der Waals surface area contributed by atoms with Gasteiger partial charge in [0.25, 0.3) is 10.2 Å². The molecule has 0 amide bonds. The van der Waals surface area contributed by atoms with Gasteiger partial charge in [0.05, 0.1) is 12.7 Å².